The number of rotatable bonds is 3. The first kappa shape index (κ1) is 16.4. The molecular weight excluding hydrogens is 305 g/mol. The lowest BCUT2D eigenvalue weighted by Crippen LogP contribution is -2.39. The van der Waals surface area contributed by atoms with Gasteiger partial charge in [-0.1, -0.05) is 0 Å². The summed E-state index contributed by atoms with van der Waals surface area (Å²) in [7, 11) is 3.94. The molecule has 1 unspecified atom stereocenters. The minimum absolute atomic E-state index is 0.0263. The van der Waals surface area contributed by atoms with E-state index in [4.69, 9.17) is 0 Å². The first-order chi connectivity index (χ1) is 11.5. The second-order valence-corrected chi connectivity index (χ2v) is 6.44. The predicted molar refractivity (Wildman–Crippen MR) is 92.8 cm³/mol. The van der Waals surface area contributed by atoms with Crippen LogP contribution < -0.4 is 4.90 Å². The molecule has 1 aromatic carbocycles. The molecule has 1 amide bonds. The number of carbonyl (C=O) groups is 1. The van der Waals surface area contributed by atoms with Crippen LogP contribution in [-0.4, -0.2) is 43.0 Å². The highest BCUT2D eigenvalue weighted by Crippen LogP contribution is 2.29. The number of hydrogen-bond acceptors (Lipinski definition) is 3. The lowest BCUT2D eigenvalue weighted by atomic mass is 9.90. The Kier molecular flexibility index (Phi) is 4.79. The lowest BCUT2D eigenvalue weighted by molar-refractivity contribution is 0.0707. The van der Waals surface area contributed by atoms with E-state index in [1.165, 1.54) is 17.7 Å². The lowest BCUT2D eigenvalue weighted by Gasteiger charge is -2.33. The molecular formula is C19H22FN3O. The number of benzene rings is 1. The summed E-state index contributed by atoms with van der Waals surface area (Å²) < 4.78 is 13.0. The smallest absolute Gasteiger partial charge is 0.253 e. The number of likely N-dealkylation sites (tertiary alicyclic amines) is 1. The highest BCUT2D eigenvalue weighted by Gasteiger charge is 2.25. The Labute approximate surface area is 141 Å². The number of nitrogens with zero attached hydrogens (tertiary/aromatic N) is 3. The van der Waals surface area contributed by atoms with Crippen molar-refractivity contribution < 1.29 is 9.18 Å². The third-order valence-corrected chi connectivity index (χ3v) is 4.50. The topological polar surface area (TPSA) is 36.4 Å². The summed E-state index contributed by atoms with van der Waals surface area (Å²) >= 11 is 0. The van der Waals surface area contributed by atoms with Gasteiger partial charge in [0.15, 0.2) is 0 Å². The molecule has 1 fully saturated rings. The van der Waals surface area contributed by atoms with Crippen LogP contribution in [0, 0.1) is 5.82 Å². The van der Waals surface area contributed by atoms with Gasteiger partial charge in [0.2, 0.25) is 0 Å². The van der Waals surface area contributed by atoms with E-state index in [9.17, 15) is 9.18 Å². The van der Waals surface area contributed by atoms with Gasteiger partial charge in [0.1, 0.15) is 11.6 Å². The number of carbonyl (C=O) groups excluding carboxylic acids is 1. The second kappa shape index (κ2) is 6.99. The molecule has 4 nitrogen and oxygen atoms in total. The monoisotopic (exact) mass is 327 g/mol. The molecule has 0 bridgehead atoms. The second-order valence-electron chi connectivity index (χ2n) is 6.44. The summed E-state index contributed by atoms with van der Waals surface area (Å²) in [4.78, 5) is 20.9. The van der Waals surface area contributed by atoms with Gasteiger partial charge in [-0.3, -0.25) is 4.79 Å². The SMILES string of the molecule is CN(C)c1cc(C2CCCN(C(=O)c3ccc(F)cc3)C2)ccn1. The van der Waals surface area contributed by atoms with Crippen LogP contribution in [0.1, 0.15) is 34.7 Å². The molecule has 0 N–H and O–H groups in total. The van der Waals surface area contributed by atoms with Gasteiger partial charge in [0.25, 0.3) is 5.91 Å². The van der Waals surface area contributed by atoms with Gasteiger partial charge in [-0.05, 0) is 54.8 Å². The van der Waals surface area contributed by atoms with Crippen LogP contribution in [0.5, 0.6) is 0 Å². The molecule has 1 aliphatic rings. The standard InChI is InChI=1S/C19H22FN3O/c1-22(2)18-12-15(9-10-21-18)16-4-3-11-23(13-16)19(24)14-5-7-17(20)8-6-14/h5-10,12,16H,3-4,11,13H2,1-2H3. The molecule has 0 radical (unpaired) electrons. The van der Waals surface area contributed by atoms with Crippen molar-refractivity contribution in [2.75, 3.05) is 32.1 Å². The van der Waals surface area contributed by atoms with Crippen LogP contribution in [-0.2, 0) is 0 Å². The van der Waals surface area contributed by atoms with E-state index in [1.807, 2.05) is 36.2 Å². The molecule has 2 heterocycles. The van der Waals surface area contributed by atoms with Crippen molar-refractivity contribution in [3.05, 3.63) is 59.5 Å². The maximum Gasteiger partial charge on any atom is 0.253 e. The fraction of sp³-hybridized carbons (Fsp3) is 0.368. The Morgan fingerprint density at radius 2 is 2.00 bits per heavy atom. The number of hydrogen-bond donors (Lipinski definition) is 0. The molecule has 24 heavy (non-hydrogen) atoms. The third kappa shape index (κ3) is 3.55. The van der Waals surface area contributed by atoms with E-state index in [-0.39, 0.29) is 11.7 Å². The van der Waals surface area contributed by atoms with Crippen LogP contribution in [0.2, 0.25) is 0 Å². The highest BCUT2D eigenvalue weighted by atomic mass is 19.1. The molecule has 126 valence electrons. The molecule has 5 heteroatoms. The first-order valence-corrected chi connectivity index (χ1v) is 8.22. The van der Waals surface area contributed by atoms with Crippen LogP contribution in [0.25, 0.3) is 0 Å². The van der Waals surface area contributed by atoms with Gasteiger partial charge >= 0.3 is 0 Å². The van der Waals surface area contributed by atoms with Crippen molar-refractivity contribution in [2.45, 2.75) is 18.8 Å². The largest absolute Gasteiger partial charge is 0.363 e. The quantitative estimate of drug-likeness (QED) is 0.868. The maximum absolute atomic E-state index is 13.0. The van der Waals surface area contributed by atoms with Gasteiger partial charge in [0.05, 0.1) is 0 Å². The summed E-state index contributed by atoms with van der Waals surface area (Å²) in [5.41, 5.74) is 1.76. The van der Waals surface area contributed by atoms with Crippen molar-refractivity contribution >= 4 is 11.7 Å². The summed E-state index contributed by atoms with van der Waals surface area (Å²) in [6.07, 6.45) is 3.85. The van der Waals surface area contributed by atoms with Crippen LogP contribution >= 0.6 is 0 Å². The molecule has 1 aliphatic heterocycles. The summed E-state index contributed by atoms with van der Waals surface area (Å²) in [6.45, 7) is 1.44. The van der Waals surface area contributed by atoms with E-state index >= 15 is 0 Å². The minimum Gasteiger partial charge on any atom is -0.363 e. The number of halogens is 1. The molecule has 2 aromatic rings. The summed E-state index contributed by atoms with van der Waals surface area (Å²) in [6, 6.07) is 9.90. The van der Waals surface area contributed by atoms with Crippen molar-refractivity contribution in [3.8, 4) is 0 Å². The molecule has 1 saturated heterocycles. The Hall–Kier alpha value is -2.43. The van der Waals surface area contributed by atoms with Gasteiger partial charge in [-0.15, -0.1) is 0 Å². The van der Waals surface area contributed by atoms with Crippen molar-refractivity contribution in [2.24, 2.45) is 0 Å². The number of aromatic nitrogens is 1. The Morgan fingerprint density at radius 3 is 2.71 bits per heavy atom. The minimum atomic E-state index is -0.323. The number of pyridine rings is 1. The molecule has 0 saturated carbocycles. The molecule has 0 aliphatic carbocycles. The Morgan fingerprint density at radius 1 is 1.25 bits per heavy atom. The molecule has 1 atom stereocenters. The normalized spacial score (nSPS) is 17.6. The van der Waals surface area contributed by atoms with Crippen molar-refractivity contribution in [1.82, 2.24) is 9.88 Å². The zero-order valence-corrected chi connectivity index (χ0v) is 14.1. The highest BCUT2D eigenvalue weighted by molar-refractivity contribution is 5.94. The average Bonchev–Trinajstić information content (AvgIpc) is 2.62. The predicted octanol–water partition coefficient (Wildman–Crippen LogP) is 3.31. The zero-order chi connectivity index (χ0) is 17.1. The maximum atomic E-state index is 13.0. The first-order valence-electron chi connectivity index (χ1n) is 8.22. The number of amides is 1. The van der Waals surface area contributed by atoms with E-state index in [0.717, 1.165) is 25.2 Å². The average molecular weight is 327 g/mol. The number of anilines is 1. The van der Waals surface area contributed by atoms with Gasteiger partial charge in [-0.25, -0.2) is 9.37 Å². The molecule has 1 aromatic heterocycles. The van der Waals surface area contributed by atoms with E-state index < -0.39 is 0 Å². The molecule has 3 rings (SSSR count). The van der Waals surface area contributed by atoms with E-state index in [0.29, 0.717) is 18.0 Å². The van der Waals surface area contributed by atoms with Crippen molar-refractivity contribution in [3.63, 3.8) is 0 Å². The van der Waals surface area contributed by atoms with Crippen LogP contribution in [0.15, 0.2) is 42.6 Å². The Bertz CT molecular complexity index is 715. The summed E-state index contributed by atoms with van der Waals surface area (Å²) in [5, 5.41) is 0. The van der Waals surface area contributed by atoms with Crippen molar-refractivity contribution in [1.29, 1.82) is 0 Å². The van der Waals surface area contributed by atoms with E-state index in [1.54, 1.807) is 12.1 Å². The fourth-order valence-corrected chi connectivity index (χ4v) is 3.14. The third-order valence-electron chi connectivity index (χ3n) is 4.50. The summed E-state index contributed by atoms with van der Waals surface area (Å²) in [5.74, 6) is 0.886. The van der Waals surface area contributed by atoms with E-state index in [2.05, 4.69) is 11.1 Å². The zero-order valence-electron chi connectivity index (χ0n) is 14.1. The van der Waals surface area contributed by atoms with Crippen LogP contribution in [0.4, 0.5) is 10.2 Å². The fourth-order valence-electron chi connectivity index (χ4n) is 3.14. The molecule has 0 spiro atoms. The number of piperidine rings is 1. The van der Waals surface area contributed by atoms with Gasteiger partial charge in [0, 0.05) is 44.9 Å². The van der Waals surface area contributed by atoms with Crippen LogP contribution in [0.3, 0.4) is 0 Å². The van der Waals surface area contributed by atoms with Gasteiger partial charge < -0.3 is 9.80 Å². The Balaban J connectivity index is 1.75. The van der Waals surface area contributed by atoms with Gasteiger partial charge in [-0.2, -0.15) is 0 Å².